The van der Waals surface area contributed by atoms with E-state index in [0.29, 0.717) is 6.04 Å². The summed E-state index contributed by atoms with van der Waals surface area (Å²) in [5.41, 5.74) is 4.46. The molecule has 0 aliphatic heterocycles. The maximum atomic E-state index is 4.99. The van der Waals surface area contributed by atoms with Crippen molar-refractivity contribution in [3.05, 3.63) is 200 Å². The van der Waals surface area contributed by atoms with Gasteiger partial charge in [-0.25, -0.2) is 0 Å². The van der Waals surface area contributed by atoms with Gasteiger partial charge in [0.25, 0.3) is 0 Å². The van der Waals surface area contributed by atoms with Gasteiger partial charge < -0.3 is 15.2 Å². The van der Waals surface area contributed by atoms with Crippen molar-refractivity contribution < 1.29 is 25.8 Å². The summed E-state index contributed by atoms with van der Waals surface area (Å²) in [6, 6.07) is 44.6. The summed E-state index contributed by atoms with van der Waals surface area (Å²) in [4.78, 5) is 0. The van der Waals surface area contributed by atoms with E-state index in [-0.39, 0.29) is 32.1 Å². The molecule has 5 aromatic rings. The Morgan fingerprint density at radius 3 is 1.33 bits per heavy atom. The van der Waals surface area contributed by atoms with Gasteiger partial charge in [0.2, 0.25) is 0 Å². The SMILES string of the molecule is [CH2-]c1ccccc1.[CH2-]c1ccccc1.[CH2-]c1ccccc1.[Hf].c1ccc(C[N-]C([N-]C2CCCCC2)n2cccc2)cc1. The second kappa shape index (κ2) is 22.1. The Labute approximate surface area is 279 Å². The van der Waals surface area contributed by atoms with Gasteiger partial charge in [-0.2, -0.15) is 80.1 Å². The number of rotatable bonds is 6. The third kappa shape index (κ3) is 16.1. The molecule has 1 aliphatic rings. The van der Waals surface area contributed by atoms with E-state index in [4.69, 9.17) is 10.6 Å². The Hall–Kier alpha value is -3.44. The van der Waals surface area contributed by atoms with E-state index in [1.54, 1.807) is 0 Å². The van der Waals surface area contributed by atoms with Crippen LogP contribution in [0.2, 0.25) is 0 Å². The van der Waals surface area contributed by atoms with Gasteiger partial charge in [-0.1, -0.05) is 86.2 Å². The second-order valence-corrected chi connectivity index (χ2v) is 10.2. The van der Waals surface area contributed by atoms with E-state index in [1.807, 2.05) is 109 Å². The first-order valence-electron chi connectivity index (χ1n) is 14.7. The number of hydrogen-bond donors (Lipinski definition) is 0. The summed E-state index contributed by atoms with van der Waals surface area (Å²) < 4.78 is 2.11. The molecule has 4 heteroatoms. The Morgan fingerprint density at radius 2 is 0.953 bits per heavy atom. The molecule has 1 aliphatic carbocycles. The van der Waals surface area contributed by atoms with Crippen LogP contribution in [0.15, 0.2) is 146 Å². The summed E-state index contributed by atoms with van der Waals surface area (Å²) in [6.07, 6.45) is 10.5. The molecule has 0 radical (unpaired) electrons. The fourth-order valence-corrected chi connectivity index (χ4v) is 4.34. The summed E-state index contributed by atoms with van der Waals surface area (Å²) >= 11 is 0. The average molecular weight is 733 g/mol. The van der Waals surface area contributed by atoms with Crippen LogP contribution >= 0.6 is 0 Å². The number of hydrogen-bond acceptors (Lipinski definition) is 0. The molecule has 0 bridgehead atoms. The fraction of sp³-hybridized carbons (Fsp3) is 0.205. The molecule has 0 amide bonds. The van der Waals surface area contributed by atoms with Crippen LogP contribution in [0.5, 0.6) is 0 Å². The quantitative estimate of drug-likeness (QED) is 0.123. The average Bonchev–Trinajstić information content (AvgIpc) is 3.58. The zero-order valence-corrected chi connectivity index (χ0v) is 28.8. The Bertz CT molecular complexity index is 1200. The predicted octanol–water partition coefficient (Wildman–Crippen LogP) is 10.8. The molecule has 1 heterocycles. The van der Waals surface area contributed by atoms with Crippen molar-refractivity contribution in [1.29, 1.82) is 0 Å². The van der Waals surface area contributed by atoms with Crippen molar-refractivity contribution in [1.82, 2.24) is 4.57 Å². The van der Waals surface area contributed by atoms with Gasteiger partial charge >= 0.3 is 0 Å². The van der Waals surface area contributed by atoms with Crippen LogP contribution in [0.1, 0.15) is 60.6 Å². The van der Waals surface area contributed by atoms with Crippen LogP contribution in [0.25, 0.3) is 10.6 Å². The monoisotopic (exact) mass is 734 g/mol. The molecule has 1 aromatic heterocycles. The van der Waals surface area contributed by atoms with E-state index in [2.05, 4.69) is 62.0 Å². The Kier molecular flexibility index (Phi) is 18.4. The van der Waals surface area contributed by atoms with E-state index in [9.17, 15) is 0 Å². The number of benzene rings is 4. The minimum absolute atomic E-state index is 0. The maximum absolute atomic E-state index is 4.99. The van der Waals surface area contributed by atoms with E-state index < -0.39 is 0 Å². The first kappa shape index (κ1) is 35.8. The molecule has 1 saturated carbocycles. The second-order valence-electron chi connectivity index (χ2n) is 10.2. The fourth-order valence-electron chi connectivity index (χ4n) is 4.34. The molecule has 224 valence electrons. The maximum Gasteiger partial charge on any atom is 0.0000681 e. The van der Waals surface area contributed by atoms with Crippen LogP contribution in [0, 0.1) is 20.8 Å². The smallest absolute Gasteiger partial charge is 0.0000681 e. The topological polar surface area (TPSA) is 33.1 Å². The van der Waals surface area contributed by atoms with Gasteiger partial charge in [0, 0.05) is 38.2 Å². The van der Waals surface area contributed by atoms with Crippen LogP contribution in [0.3, 0.4) is 0 Å². The number of aromatic nitrogens is 1. The van der Waals surface area contributed by atoms with Crippen LogP contribution in [-0.4, -0.2) is 10.6 Å². The van der Waals surface area contributed by atoms with Gasteiger partial charge in [0.05, 0.1) is 0 Å². The third-order valence-electron chi connectivity index (χ3n) is 6.62. The van der Waals surface area contributed by atoms with Gasteiger partial charge in [0.1, 0.15) is 0 Å². The molecule has 1 fully saturated rings. The molecule has 43 heavy (non-hydrogen) atoms. The van der Waals surface area contributed by atoms with Crippen LogP contribution in [0.4, 0.5) is 0 Å². The summed E-state index contributed by atoms with van der Waals surface area (Å²) in [5.74, 6) is 0. The molecular weight excluding hydrogens is 689 g/mol. The van der Waals surface area contributed by atoms with Crippen LogP contribution in [-0.2, 0) is 32.4 Å². The van der Waals surface area contributed by atoms with Crippen molar-refractivity contribution in [3.63, 3.8) is 0 Å². The van der Waals surface area contributed by atoms with Gasteiger partial charge in [0.15, 0.2) is 0 Å². The molecule has 0 spiro atoms. The Morgan fingerprint density at radius 1 is 0.558 bits per heavy atom. The normalized spacial score (nSPS) is 12.8. The largest absolute Gasteiger partial charge is 0.658 e. The summed E-state index contributed by atoms with van der Waals surface area (Å²) in [5, 5.41) is 9.82. The van der Waals surface area contributed by atoms with Gasteiger partial charge in [-0.05, 0) is 12.1 Å². The minimum atomic E-state index is -0.0803. The van der Waals surface area contributed by atoms with Crippen molar-refractivity contribution in [3.8, 4) is 0 Å². The zero-order chi connectivity index (χ0) is 29.7. The molecule has 6 rings (SSSR count). The molecule has 1 unspecified atom stereocenters. The molecule has 0 saturated heterocycles. The van der Waals surface area contributed by atoms with E-state index in [0.717, 1.165) is 23.2 Å². The van der Waals surface area contributed by atoms with Crippen molar-refractivity contribution >= 4 is 0 Å². The minimum Gasteiger partial charge on any atom is -0.658 e. The zero-order valence-electron chi connectivity index (χ0n) is 25.2. The summed E-state index contributed by atoms with van der Waals surface area (Å²) in [7, 11) is 0. The van der Waals surface area contributed by atoms with Gasteiger partial charge in [-0.3, -0.25) is 0 Å². The summed E-state index contributed by atoms with van der Waals surface area (Å²) in [6.45, 7) is 11.9. The number of nitrogens with zero attached hydrogens (tertiary/aromatic N) is 3. The van der Waals surface area contributed by atoms with Crippen molar-refractivity contribution in [2.45, 2.75) is 51.0 Å². The third-order valence-corrected chi connectivity index (χ3v) is 6.62. The van der Waals surface area contributed by atoms with Crippen molar-refractivity contribution in [2.75, 3.05) is 0 Å². The molecule has 1 atom stereocenters. The molecular formula is C39H44HfN3-5. The first-order valence-corrected chi connectivity index (χ1v) is 14.7. The van der Waals surface area contributed by atoms with E-state index >= 15 is 0 Å². The van der Waals surface area contributed by atoms with Crippen molar-refractivity contribution in [2.24, 2.45) is 0 Å². The van der Waals surface area contributed by atoms with Crippen LogP contribution < -0.4 is 0 Å². The molecule has 3 nitrogen and oxygen atoms in total. The first-order chi connectivity index (χ1) is 20.6. The predicted molar refractivity (Wildman–Crippen MR) is 180 cm³/mol. The molecule has 0 N–H and O–H groups in total. The standard InChI is InChI=1S/C18H23N3.3C7H7.Hf/c1-3-9-16(10-4-1)15-19-18(21-13-7-8-14-21)20-17-11-5-2-6-12-17;3*1-7-5-3-2-4-6-7;/h1,3-4,7-10,13-14,17-18H,2,5-6,11-12,15H2;3*2-6H,1H2;/q-2;3*-1;. The Balaban J connectivity index is 0.000000239. The molecule has 4 aromatic carbocycles. The van der Waals surface area contributed by atoms with Gasteiger partial charge in [-0.15, -0.1) is 49.0 Å². The van der Waals surface area contributed by atoms with E-state index in [1.165, 1.54) is 37.7 Å².